The first-order valence-corrected chi connectivity index (χ1v) is 5.35. The second kappa shape index (κ2) is 3.52. The molecule has 1 aromatic rings. The van der Waals surface area contributed by atoms with E-state index in [1.54, 1.807) is 11.8 Å². The molecule has 1 fully saturated rings. The highest BCUT2D eigenvalue weighted by molar-refractivity contribution is 5.42. The average molecular weight is 209 g/mol. The van der Waals surface area contributed by atoms with Gasteiger partial charge in [-0.15, -0.1) is 0 Å². The van der Waals surface area contributed by atoms with Crippen molar-refractivity contribution < 1.29 is 4.74 Å². The Bertz CT molecular complexity index is 366. The summed E-state index contributed by atoms with van der Waals surface area (Å²) in [6.45, 7) is 2.88. The number of aromatic nitrogens is 2. The van der Waals surface area contributed by atoms with Crippen LogP contribution in [0.4, 0.5) is 5.82 Å². The van der Waals surface area contributed by atoms with Crippen LogP contribution < -0.4 is 5.73 Å². The monoisotopic (exact) mass is 209 g/mol. The molecule has 0 spiro atoms. The lowest BCUT2D eigenvalue weighted by molar-refractivity contribution is 0.140. The maximum atomic E-state index is 5.89. The van der Waals surface area contributed by atoms with Gasteiger partial charge in [0, 0.05) is 19.7 Å². The molecule has 0 amide bonds. The smallest absolute Gasteiger partial charge is 0.124 e. The molecule has 2 N–H and O–H groups in total. The van der Waals surface area contributed by atoms with Crippen molar-refractivity contribution in [3.8, 4) is 0 Å². The summed E-state index contributed by atoms with van der Waals surface area (Å²) in [7, 11) is 3.65. The van der Waals surface area contributed by atoms with Crippen LogP contribution >= 0.6 is 0 Å². The Hall–Kier alpha value is -1.03. The van der Waals surface area contributed by atoms with Crippen molar-refractivity contribution in [2.75, 3.05) is 19.5 Å². The Morgan fingerprint density at radius 3 is 2.60 bits per heavy atom. The predicted octanol–water partition coefficient (Wildman–Crippen LogP) is 1.28. The molecule has 0 saturated heterocycles. The van der Waals surface area contributed by atoms with E-state index >= 15 is 0 Å². The van der Waals surface area contributed by atoms with Gasteiger partial charge in [-0.2, -0.15) is 5.10 Å². The van der Waals surface area contributed by atoms with Gasteiger partial charge in [-0.3, -0.25) is 4.68 Å². The lowest BCUT2D eigenvalue weighted by atomic mass is 9.99. The van der Waals surface area contributed by atoms with Gasteiger partial charge >= 0.3 is 0 Å². The quantitative estimate of drug-likeness (QED) is 0.812. The van der Waals surface area contributed by atoms with Crippen molar-refractivity contribution in [2.24, 2.45) is 12.5 Å². The summed E-state index contributed by atoms with van der Waals surface area (Å²) >= 11 is 0. The third kappa shape index (κ3) is 1.86. The van der Waals surface area contributed by atoms with Gasteiger partial charge in [-0.25, -0.2) is 0 Å². The summed E-state index contributed by atoms with van der Waals surface area (Å²) in [4.78, 5) is 0. The molecule has 84 valence electrons. The number of hydrogen-bond acceptors (Lipinski definition) is 3. The number of hydrogen-bond donors (Lipinski definition) is 1. The predicted molar refractivity (Wildman–Crippen MR) is 59.6 cm³/mol. The van der Waals surface area contributed by atoms with Gasteiger partial charge in [0.1, 0.15) is 5.82 Å². The van der Waals surface area contributed by atoms with E-state index < -0.39 is 0 Å². The minimum atomic E-state index is 0.348. The first-order valence-electron chi connectivity index (χ1n) is 5.35. The standard InChI is InChI=1S/C11H19N3O/c1-8-9(13-14(2)10(8)12)6-11(4-5-11)7-15-3/h4-7,12H2,1-3H3. The third-order valence-electron chi connectivity index (χ3n) is 3.39. The van der Waals surface area contributed by atoms with E-state index in [-0.39, 0.29) is 0 Å². The largest absolute Gasteiger partial charge is 0.384 e. The summed E-state index contributed by atoms with van der Waals surface area (Å²) in [5.41, 5.74) is 8.49. The molecule has 2 rings (SSSR count). The van der Waals surface area contributed by atoms with E-state index in [4.69, 9.17) is 10.5 Å². The van der Waals surface area contributed by atoms with E-state index in [1.165, 1.54) is 12.8 Å². The molecule has 0 aromatic carbocycles. The number of nitrogens with zero attached hydrogens (tertiary/aromatic N) is 2. The van der Waals surface area contributed by atoms with Crippen LogP contribution in [0.5, 0.6) is 0 Å². The van der Waals surface area contributed by atoms with Gasteiger partial charge in [-0.1, -0.05) is 0 Å². The Morgan fingerprint density at radius 1 is 1.53 bits per heavy atom. The lowest BCUT2D eigenvalue weighted by Crippen LogP contribution is -2.13. The number of methoxy groups -OCH3 is 1. The summed E-state index contributed by atoms with van der Waals surface area (Å²) in [6, 6.07) is 0. The summed E-state index contributed by atoms with van der Waals surface area (Å²) in [5.74, 6) is 0.776. The topological polar surface area (TPSA) is 53.1 Å². The summed E-state index contributed by atoms with van der Waals surface area (Å²) < 4.78 is 7.01. The molecule has 1 heterocycles. The normalized spacial score (nSPS) is 18.1. The van der Waals surface area contributed by atoms with Crippen molar-refractivity contribution in [3.05, 3.63) is 11.3 Å². The number of ether oxygens (including phenoxy) is 1. The van der Waals surface area contributed by atoms with Crippen molar-refractivity contribution in [2.45, 2.75) is 26.2 Å². The first-order chi connectivity index (χ1) is 7.08. The van der Waals surface area contributed by atoms with Crippen LogP contribution in [-0.2, 0) is 18.2 Å². The zero-order chi connectivity index (χ0) is 11.1. The fourth-order valence-corrected chi connectivity index (χ4v) is 2.08. The van der Waals surface area contributed by atoms with Crippen LogP contribution in [0.2, 0.25) is 0 Å². The fraction of sp³-hybridized carbons (Fsp3) is 0.727. The minimum absolute atomic E-state index is 0.348. The highest BCUT2D eigenvalue weighted by Gasteiger charge is 2.43. The molecule has 4 nitrogen and oxygen atoms in total. The molecule has 1 aliphatic carbocycles. The molecule has 1 aromatic heterocycles. The molecular weight excluding hydrogens is 190 g/mol. The Labute approximate surface area is 90.4 Å². The molecule has 1 aliphatic rings. The molecule has 0 unspecified atom stereocenters. The van der Waals surface area contributed by atoms with Crippen molar-refractivity contribution in [1.82, 2.24) is 9.78 Å². The fourth-order valence-electron chi connectivity index (χ4n) is 2.08. The highest BCUT2D eigenvalue weighted by Crippen LogP contribution is 2.48. The number of anilines is 1. The van der Waals surface area contributed by atoms with Gasteiger partial charge in [0.2, 0.25) is 0 Å². The Kier molecular flexibility index (Phi) is 2.46. The number of aryl methyl sites for hydroxylation is 1. The summed E-state index contributed by atoms with van der Waals surface area (Å²) in [6.07, 6.45) is 3.49. The maximum absolute atomic E-state index is 5.89. The van der Waals surface area contributed by atoms with E-state index in [0.29, 0.717) is 5.41 Å². The molecule has 0 aliphatic heterocycles. The van der Waals surface area contributed by atoms with E-state index in [0.717, 1.165) is 30.1 Å². The molecule has 15 heavy (non-hydrogen) atoms. The number of nitrogen functional groups attached to an aromatic ring is 1. The van der Waals surface area contributed by atoms with E-state index in [2.05, 4.69) is 5.10 Å². The molecule has 4 heteroatoms. The van der Waals surface area contributed by atoms with Crippen molar-refractivity contribution >= 4 is 5.82 Å². The zero-order valence-electron chi connectivity index (χ0n) is 9.71. The van der Waals surface area contributed by atoms with Crippen LogP contribution in [0.15, 0.2) is 0 Å². The molecule has 0 atom stereocenters. The number of rotatable bonds is 4. The third-order valence-corrected chi connectivity index (χ3v) is 3.39. The van der Waals surface area contributed by atoms with Gasteiger partial charge in [0.15, 0.2) is 0 Å². The van der Waals surface area contributed by atoms with Gasteiger partial charge < -0.3 is 10.5 Å². The second-order valence-electron chi connectivity index (χ2n) is 4.69. The number of nitrogens with two attached hydrogens (primary N) is 1. The summed E-state index contributed by atoms with van der Waals surface area (Å²) in [5, 5.41) is 4.45. The van der Waals surface area contributed by atoms with Crippen molar-refractivity contribution in [1.29, 1.82) is 0 Å². The van der Waals surface area contributed by atoms with Crippen LogP contribution in [-0.4, -0.2) is 23.5 Å². The lowest BCUT2D eigenvalue weighted by Gasteiger charge is -2.12. The van der Waals surface area contributed by atoms with Crippen LogP contribution in [0.3, 0.4) is 0 Å². The van der Waals surface area contributed by atoms with Gasteiger partial charge in [-0.05, 0) is 31.6 Å². The Balaban J connectivity index is 2.14. The van der Waals surface area contributed by atoms with E-state index in [1.807, 2.05) is 14.0 Å². The van der Waals surface area contributed by atoms with Crippen molar-refractivity contribution in [3.63, 3.8) is 0 Å². The molecule has 0 radical (unpaired) electrons. The SMILES string of the molecule is COCC1(Cc2nn(C)c(N)c2C)CC1. The van der Waals surface area contributed by atoms with E-state index in [9.17, 15) is 0 Å². The van der Waals surface area contributed by atoms with Crippen LogP contribution in [0.25, 0.3) is 0 Å². The highest BCUT2D eigenvalue weighted by atomic mass is 16.5. The minimum Gasteiger partial charge on any atom is -0.384 e. The molecule has 1 saturated carbocycles. The maximum Gasteiger partial charge on any atom is 0.124 e. The Morgan fingerprint density at radius 2 is 2.20 bits per heavy atom. The van der Waals surface area contributed by atoms with Gasteiger partial charge in [0.05, 0.1) is 12.3 Å². The van der Waals surface area contributed by atoms with Crippen LogP contribution in [0, 0.1) is 12.3 Å². The molecular formula is C11H19N3O. The average Bonchev–Trinajstić information content (AvgIpc) is 2.90. The van der Waals surface area contributed by atoms with Gasteiger partial charge in [0.25, 0.3) is 0 Å². The zero-order valence-corrected chi connectivity index (χ0v) is 9.71. The van der Waals surface area contributed by atoms with Crippen LogP contribution in [0.1, 0.15) is 24.1 Å². The molecule has 0 bridgehead atoms. The second-order valence-corrected chi connectivity index (χ2v) is 4.69. The first kappa shape index (κ1) is 10.5.